The number of aryl methyl sites for hydroxylation is 1. The summed E-state index contributed by atoms with van der Waals surface area (Å²) in [5, 5.41) is 15.6. The van der Waals surface area contributed by atoms with Crippen LogP contribution < -0.4 is 5.43 Å². The number of nitrogens with one attached hydrogen (secondary N) is 1. The van der Waals surface area contributed by atoms with E-state index in [1.54, 1.807) is 35.9 Å². The quantitative estimate of drug-likeness (QED) is 0.758. The van der Waals surface area contributed by atoms with Crippen molar-refractivity contribution < 1.29 is 5.11 Å². The molecule has 0 aliphatic heterocycles. The van der Waals surface area contributed by atoms with E-state index >= 15 is 0 Å². The van der Waals surface area contributed by atoms with Crippen molar-refractivity contribution in [2.24, 2.45) is 0 Å². The van der Waals surface area contributed by atoms with Crippen LogP contribution in [-0.4, -0.2) is 19.9 Å². The molecule has 2 N–H and O–H groups in total. The van der Waals surface area contributed by atoms with Crippen molar-refractivity contribution in [2.75, 3.05) is 0 Å². The molecule has 22 heavy (non-hydrogen) atoms. The summed E-state index contributed by atoms with van der Waals surface area (Å²) < 4.78 is 1.74. The fourth-order valence-corrected chi connectivity index (χ4v) is 2.81. The largest absolute Gasteiger partial charge is 0.503 e. The van der Waals surface area contributed by atoms with Gasteiger partial charge in [0.15, 0.2) is 5.75 Å². The highest BCUT2D eigenvalue weighted by Crippen LogP contribution is 2.32. The molecule has 0 bridgehead atoms. The van der Waals surface area contributed by atoms with Crippen molar-refractivity contribution in [3.05, 3.63) is 45.2 Å². The Kier molecular flexibility index (Phi) is 3.45. The Hall–Kier alpha value is -2.27. The van der Waals surface area contributed by atoms with Gasteiger partial charge in [-0.25, -0.2) is 4.68 Å². The third-order valence-electron chi connectivity index (χ3n) is 3.64. The number of aromatic hydroxyl groups is 1. The van der Waals surface area contributed by atoms with Crippen LogP contribution in [0.2, 0.25) is 5.02 Å². The Balaban J connectivity index is 2.43. The third-order valence-corrected chi connectivity index (χ3v) is 3.97. The SMILES string of the molecule is Cc1nn(C(C)C)c2[nH]c(-c3ccccc3Cl)c(O)c(=O)c12. The van der Waals surface area contributed by atoms with Crippen molar-refractivity contribution in [3.8, 4) is 17.0 Å². The van der Waals surface area contributed by atoms with E-state index in [1.165, 1.54) is 0 Å². The maximum absolute atomic E-state index is 12.5. The average Bonchev–Trinajstić information content (AvgIpc) is 2.81. The monoisotopic (exact) mass is 317 g/mol. The van der Waals surface area contributed by atoms with Gasteiger partial charge in [-0.3, -0.25) is 4.79 Å². The number of benzene rings is 1. The van der Waals surface area contributed by atoms with Crippen LogP contribution >= 0.6 is 11.6 Å². The zero-order valence-electron chi connectivity index (χ0n) is 12.5. The van der Waals surface area contributed by atoms with Gasteiger partial charge < -0.3 is 10.1 Å². The molecule has 1 aromatic carbocycles. The lowest BCUT2D eigenvalue weighted by molar-refractivity contribution is 0.471. The lowest BCUT2D eigenvalue weighted by Crippen LogP contribution is -2.08. The number of hydrogen-bond donors (Lipinski definition) is 2. The van der Waals surface area contributed by atoms with Gasteiger partial charge in [-0.1, -0.05) is 29.8 Å². The predicted octanol–water partition coefficient (Wildman–Crippen LogP) is 3.64. The Labute approximate surface area is 132 Å². The molecule has 2 aromatic heterocycles. The fraction of sp³-hybridized carbons (Fsp3) is 0.250. The first-order valence-corrected chi connectivity index (χ1v) is 7.38. The van der Waals surface area contributed by atoms with Crippen LogP contribution in [-0.2, 0) is 0 Å². The standard InChI is InChI=1S/C16H16ClN3O2/c1-8(2)20-16-12(9(3)19-20)14(21)15(22)13(18-16)10-6-4-5-7-11(10)17/h4-8,22H,1-3H3,(H,18,21). The van der Waals surface area contributed by atoms with Gasteiger partial charge in [0.25, 0.3) is 0 Å². The van der Waals surface area contributed by atoms with E-state index in [-0.39, 0.29) is 11.8 Å². The Bertz CT molecular complexity index is 925. The molecule has 0 aliphatic rings. The van der Waals surface area contributed by atoms with Gasteiger partial charge in [-0.15, -0.1) is 0 Å². The molecule has 3 rings (SSSR count). The van der Waals surface area contributed by atoms with E-state index in [9.17, 15) is 9.90 Å². The summed E-state index contributed by atoms with van der Waals surface area (Å²) in [5.41, 5.74) is 1.63. The number of H-pyrrole nitrogens is 1. The maximum atomic E-state index is 12.5. The van der Waals surface area contributed by atoms with Crippen molar-refractivity contribution in [3.63, 3.8) is 0 Å². The summed E-state index contributed by atoms with van der Waals surface area (Å²) in [7, 11) is 0. The van der Waals surface area contributed by atoms with Crippen molar-refractivity contribution >= 4 is 22.6 Å². The molecule has 2 heterocycles. The number of nitrogens with zero attached hydrogens (tertiary/aromatic N) is 2. The molecule has 6 heteroatoms. The Morgan fingerprint density at radius 2 is 2.00 bits per heavy atom. The van der Waals surface area contributed by atoms with Gasteiger partial charge >= 0.3 is 0 Å². The number of halogens is 1. The van der Waals surface area contributed by atoms with Crippen LogP contribution in [0.4, 0.5) is 0 Å². The van der Waals surface area contributed by atoms with E-state index in [4.69, 9.17) is 11.6 Å². The topological polar surface area (TPSA) is 70.9 Å². The number of aromatic nitrogens is 3. The normalized spacial score (nSPS) is 11.5. The number of fused-ring (bicyclic) bond motifs is 1. The molecular weight excluding hydrogens is 302 g/mol. The van der Waals surface area contributed by atoms with Gasteiger partial charge in [0, 0.05) is 11.6 Å². The second kappa shape index (κ2) is 5.18. The number of hydrogen-bond acceptors (Lipinski definition) is 3. The Morgan fingerprint density at radius 1 is 1.32 bits per heavy atom. The first kappa shape index (κ1) is 14.7. The van der Waals surface area contributed by atoms with Crippen LogP contribution in [0.15, 0.2) is 29.1 Å². The molecule has 0 fully saturated rings. The van der Waals surface area contributed by atoms with Crippen LogP contribution in [0.3, 0.4) is 0 Å². The van der Waals surface area contributed by atoms with Crippen LogP contribution in [0, 0.1) is 6.92 Å². The minimum atomic E-state index is -0.437. The van der Waals surface area contributed by atoms with Gasteiger partial charge in [0.05, 0.1) is 21.8 Å². The zero-order chi connectivity index (χ0) is 16.0. The highest BCUT2D eigenvalue weighted by Gasteiger charge is 2.20. The summed E-state index contributed by atoms with van der Waals surface area (Å²) >= 11 is 6.19. The molecule has 5 nitrogen and oxygen atoms in total. The first-order chi connectivity index (χ1) is 10.4. The van der Waals surface area contributed by atoms with Crippen LogP contribution in [0.5, 0.6) is 5.75 Å². The summed E-state index contributed by atoms with van der Waals surface area (Å²) in [4.78, 5) is 15.7. The summed E-state index contributed by atoms with van der Waals surface area (Å²) in [6.45, 7) is 5.71. The van der Waals surface area contributed by atoms with Gasteiger partial charge in [-0.2, -0.15) is 5.10 Å². The van der Waals surface area contributed by atoms with Crippen LogP contribution in [0.1, 0.15) is 25.6 Å². The van der Waals surface area contributed by atoms with E-state index in [1.807, 2.05) is 13.8 Å². The molecule has 0 saturated carbocycles. The summed E-state index contributed by atoms with van der Waals surface area (Å²) in [6, 6.07) is 7.14. The van der Waals surface area contributed by atoms with Crippen molar-refractivity contribution in [1.29, 1.82) is 0 Å². The molecule has 0 amide bonds. The van der Waals surface area contributed by atoms with E-state index in [0.29, 0.717) is 33.0 Å². The van der Waals surface area contributed by atoms with E-state index in [2.05, 4.69) is 10.1 Å². The Morgan fingerprint density at radius 3 is 2.64 bits per heavy atom. The average molecular weight is 318 g/mol. The second-order valence-corrected chi connectivity index (χ2v) is 5.91. The molecular formula is C16H16ClN3O2. The maximum Gasteiger partial charge on any atom is 0.235 e. The minimum Gasteiger partial charge on any atom is -0.503 e. The zero-order valence-corrected chi connectivity index (χ0v) is 13.3. The highest BCUT2D eigenvalue weighted by molar-refractivity contribution is 6.33. The smallest absolute Gasteiger partial charge is 0.235 e. The van der Waals surface area contributed by atoms with Crippen LogP contribution in [0.25, 0.3) is 22.3 Å². The predicted molar refractivity (Wildman–Crippen MR) is 87.6 cm³/mol. The van der Waals surface area contributed by atoms with E-state index < -0.39 is 5.43 Å². The first-order valence-electron chi connectivity index (χ1n) is 7.00. The fourth-order valence-electron chi connectivity index (χ4n) is 2.58. The minimum absolute atomic E-state index is 0.0792. The third kappa shape index (κ3) is 2.09. The molecule has 3 aromatic rings. The molecule has 0 spiro atoms. The highest BCUT2D eigenvalue weighted by atomic mass is 35.5. The number of rotatable bonds is 2. The van der Waals surface area contributed by atoms with Gasteiger partial charge in [0.2, 0.25) is 5.43 Å². The van der Waals surface area contributed by atoms with Gasteiger partial charge in [-0.05, 0) is 26.8 Å². The molecule has 0 atom stereocenters. The second-order valence-electron chi connectivity index (χ2n) is 5.50. The summed E-state index contributed by atoms with van der Waals surface area (Å²) in [5.74, 6) is -0.341. The molecule has 0 radical (unpaired) electrons. The van der Waals surface area contributed by atoms with Crippen molar-refractivity contribution in [1.82, 2.24) is 14.8 Å². The number of aromatic amines is 1. The lowest BCUT2D eigenvalue weighted by atomic mass is 10.1. The molecule has 0 aliphatic carbocycles. The molecule has 114 valence electrons. The van der Waals surface area contributed by atoms with E-state index in [0.717, 1.165) is 0 Å². The lowest BCUT2D eigenvalue weighted by Gasteiger charge is -2.10. The molecule has 0 saturated heterocycles. The summed E-state index contributed by atoms with van der Waals surface area (Å²) in [6.07, 6.45) is 0. The van der Waals surface area contributed by atoms with Crippen molar-refractivity contribution in [2.45, 2.75) is 26.8 Å². The van der Waals surface area contributed by atoms with Gasteiger partial charge in [0.1, 0.15) is 5.65 Å². The molecule has 0 unspecified atom stereocenters. The number of pyridine rings is 1.